The summed E-state index contributed by atoms with van der Waals surface area (Å²) in [6.07, 6.45) is 8.31. The van der Waals surface area contributed by atoms with Gasteiger partial charge in [-0.1, -0.05) is 12.8 Å². The van der Waals surface area contributed by atoms with Crippen LogP contribution in [0.1, 0.15) is 51.5 Å². The minimum absolute atomic E-state index is 0.167. The van der Waals surface area contributed by atoms with Gasteiger partial charge in [0.2, 0.25) is 5.91 Å². The van der Waals surface area contributed by atoms with E-state index in [0.717, 1.165) is 51.2 Å². The number of hydrogen-bond acceptors (Lipinski definition) is 4. The quantitative estimate of drug-likeness (QED) is 0.869. The molecule has 1 atom stereocenters. The van der Waals surface area contributed by atoms with E-state index in [-0.39, 0.29) is 11.8 Å². The van der Waals surface area contributed by atoms with E-state index in [0.29, 0.717) is 12.1 Å². The third-order valence-electron chi connectivity index (χ3n) is 5.52. The summed E-state index contributed by atoms with van der Waals surface area (Å²) >= 11 is 0. The Morgan fingerprint density at radius 1 is 1.33 bits per heavy atom. The van der Waals surface area contributed by atoms with Crippen LogP contribution in [0.3, 0.4) is 0 Å². The monoisotopic (exact) mass is 334 g/mol. The van der Waals surface area contributed by atoms with Crippen LogP contribution in [-0.4, -0.2) is 53.4 Å². The standard InChI is InChI=1S/C18H30N4O2/c1-14(13-24-2)21-11-8-16(9-12-21)22-17(7-10-19-22)20-18(23)15-5-3-4-6-15/h7,10,14-16H,3-6,8-9,11-13H2,1-2H3,(H,20,23)/t14-/m0/s1. The van der Waals surface area contributed by atoms with Gasteiger partial charge in [0.15, 0.2) is 0 Å². The van der Waals surface area contributed by atoms with Gasteiger partial charge in [-0.3, -0.25) is 9.69 Å². The third-order valence-corrected chi connectivity index (χ3v) is 5.52. The van der Waals surface area contributed by atoms with Crippen molar-refractivity contribution >= 4 is 11.7 Å². The normalized spacial score (nSPS) is 21.9. The molecule has 1 aromatic rings. The first-order valence-corrected chi connectivity index (χ1v) is 9.26. The second-order valence-electron chi connectivity index (χ2n) is 7.20. The van der Waals surface area contributed by atoms with Gasteiger partial charge in [0, 0.05) is 38.2 Å². The van der Waals surface area contributed by atoms with Crippen LogP contribution < -0.4 is 5.32 Å². The van der Waals surface area contributed by atoms with Crippen molar-refractivity contribution in [2.45, 2.75) is 57.5 Å². The van der Waals surface area contributed by atoms with Gasteiger partial charge in [-0.2, -0.15) is 5.10 Å². The number of nitrogens with one attached hydrogen (secondary N) is 1. The molecule has 24 heavy (non-hydrogen) atoms. The number of methoxy groups -OCH3 is 1. The van der Waals surface area contributed by atoms with Crippen molar-refractivity contribution in [1.82, 2.24) is 14.7 Å². The number of carbonyl (C=O) groups is 1. The number of piperidine rings is 1. The minimum Gasteiger partial charge on any atom is -0.383 e. The lowest BCUT2D eigenvalue weighted by molar-refractivity contribution is -0.119. The lowest BCUT2D eigenvalue weighted by atomic mass is 10.0. The van der Waals surface area contributed by atoms with E-state index in [9.17, 15) is 4.79 Å². The molecule has 2 heterocycles. The summed E-state index contributed by atoms with van der Waals surface area (Å²) < 4.78 is 7.28. The summed E-state index contributed by atoms with van der Waals surface area (Å²) in [5, 5.41) is 7.60. The van der Waals surface area contributed by atoms with Crippen LogP contribution in [0.4, 0.5) is 5.82 Å². The molecule has 0 unspecified atom stereocenters. The highest BCUT2D eigenvalue weighted by Gasteiger charge is 2.27. The zero-order chi connectivity index (χ0) is 16.9. The second-order valence-corrected chi connectivity index (χ2v) is 7.20. The van der Waals surface area contributed by atoms with Gasteiger partial charge in [-0.15, -0.1) is 0 Å². The lowest BCUT2D eigenvalue weighted by Crippen LogP contribution is -2.42. The van der Waals surface area contributed by atoms with Gasteiger partial charge < -0.3 is 10.1 Å². The molecule has 0 radical (unpaired) electrons. The van der Waals surface area contributed by atoms with E-state index in [2.05, 4.69) is 22.2 Å². The maximum Gasteiger partial charge on any atom is 0.228 e. The molecule has 3 rings (SSSR count). The average Bonchev–Trinajstić information content (AvgIpc) is 3.27. The van der Waals surface area contributed by atoms with Crippen LogP contribution in [0.15, 0.2) is 12.3 Å². The molecule has 0 aromatic carbocycles. The van der Waals surface area contributed by atoms with Crippen LogP contribution in [-0.2, 0) is 9.53 Å². The average molecular weight is 334 g/mol. The molecule has 1 amide bonds. The number of carbonyl (C=O) groups excluding carboxylic acids is 1. The maximum atomic E-state index is 12.4. The van der Waals surface area contributed by atoms with Crippen molar-refractivity contribution in [3.8, 4) is 0 Å². The summed E-state index contributed by atoms with van der Waals surface area (Å²) in [7, 11) is 1.76. The van der Waals surface area contributed by atoms with Crippen molar-refractivity contribution in [2.24, 2.45) is 5.92 Å². The molecule has 1 N–H and O–H groups in total. The first-order valence-electron chi connectivity index (χ1n) is 9.26. The SMILES string of the molecule is COC[C@H](C)N1CCC(n2nccc2NC(=O)C2CCCC2)CC1. The van der Waals surface area contributed by atoms with Crippen molar-refractivity contribution in [1.29, 1.82) is 0 Å². The fourth-order valence-corrected chi connectivity index (χ4v) is 4.04. The van der Waals surface area contributed by atoms with Crippen molar-refractivity contribution in [2.75, 3.05) is 32.1 Å². The summed E-state index contributed by atoms with van der Waals surface area (Å²) in [6, 6.07) is 2.74. The first-order chi connectivity index (χ1) is 11.7. The largest absolute Gasteiger partial charge is 0.383 e. The number of amides is 1. The Morgan fingerprint density at radius 2 is 2.04 bits per heavy atom. The fourth-order valence-electron chi connectivity index (χ4n) is 4.04. The Morgan fingerprint density at radius 3 is 2.71 bits per heavy atom. The molecule has 6 nitrogen and oxygen atoms in total. The Kier molecular flexibility index (Phi) is 5.89. The van der Waals surface area contributed by atoms with E-state index in [1.54, 1.807) is 13.3 Å². The topological polar surface area (TPSA) is 59.4 Å². The Balaban J connectivity index is 1.56. The Hall–Kier alpha value is -1.40. The smallest absolute Gasteiger partial charge is 0.228 e. The van der Waals surface area contributed by atoms with Crippen LogP contribution >= 0.6 is 0 Å². The molecule has 1 saturated carbocycles. The van der Waals surface area contributed by atoms with Gasteiger partial charge in [-0.25, -0.2) is 4.68 Å². The first kappa shape index (κ1) is 17.4. The number of aromatic nitrogens is 2. The zero-order valence-electron chi connectivity index (χ0n) is 14.9. The maximum absolute atomic E-state index is 12.4. The molecular formula is C18H30N4O2. The van der Waals surface area contributed by atoms with Gasteiger partial charge in [0.05, 0.1) is 18.8 Å². The van der Waals surface area contributed by atoms with E-state index < -0.39 is 0 Å². The summed E-state index contributed by atoms with van der Waals surface area (Å²) in [6.45, 7) is 5.08. The molecule has 0 bridgehead atoms. The van der Waals surface area contributed by atoms with E-state index in [1.165, 1.54) is 12.8 Å². The molecule has 1 saturated heterocycles. The Labute approximate surface area is 144 Å². The number of likely N-dealkylation sites (tertiary alicyclic amines) is 1. The second kappa shape index (κ2) is 8.12. The highest BCUT2D eigenvalue weighted by Crippen LogP contribution is 2.29. The van der Waals surface area contributed by atoms with Gasteiger partial charge in [0.1, 0.15) is 5.82 Å². The third kappa shape index (κ3) is 3.98. The molecule has 2 fully saturated rings. The van der Waals surface area contributed by atoms with Gasteiger partial charge >= 0.3 is 0 Å². The fraction of sp³-hybridized carbons (Fsp3) is 0.778. The predicted molar refractivity (Wildman–Crippen MR) is 94.0 cm³/mol. The number of nitrogens with zero attached hydrogens (tertiary/aromatic N) is 3. The van der Waals surface area contributed by atoms with Crippen molar-refractivity contribution in [3.05, 3.63) is 12.3 Å². The van der Waals surface area contributed by atoms with E-state index in [4.69, 9.17) is 4.74 Å². The van der Waals surface area contributed by atoms with Gasteiger partial charge in [-0.05, 0) is 32.6 Å². The van der Waals surface area contributed by atoms with Crippen LogP contribution in [0, 0.1) is 5.92 Å². The van der Waals surface area contributed by atoms with E-state index in [1.807, 2.05) is 10.7 Å². The molecule has 134 valence electrons. The molecule has 1 aromatic heterocycles. The van der Waals surface area contributed by atoms with Crippen LogP contribution in [0.2, 0.25) is 0 Å². The highest BCUT2D eigenvalue weighted by atomic mass is 16.5. The number of rotatable bonds is 6. The number of hydrogen-bond donors (Lipinski definition) is 1. The summed E-state index contributed by atoms with van der Waals surface area (Å²) in [4.78, 5) is 14.9. The Bertz CT molecular complexity index is 531. The van der Waals surface area contributed by atoms with E-state index >= 15 is 0 Å². The van der Waals surface area contributed by atoms with Crippen molar-refractivity contribution in [3.63, 3.8) is 0 Å². The van der Waals surface area contributed by atoms with Crippen LogP contribution in [0.5, 0.6) is 0 Å². The molecule has 2 aliphatic rings. The number of ether oxygens (including phenoxy) is 1. The molecule has 1 aliphatic heterocycles. The highest BCUT2D eigenvalue weighted by molar-refractivity contribution is 5.91. The van der Waals surface area contributed by atoms with Crippen molar-refractivity contribution < 1.29 is 9.53 Å². The zero-order valence-corrected chi connectivity index (χ0v) is 14.9. The minimum atomic E-state index is 0.167. The van der Waals surface area contributed by atoms with Crippen LogP contribution in [0.25, 0.3) is 0 Å². The molecule has 0 spiro atoms. The predicted octanol–water partition coefficient (Wildman–Crippen LogP) is 2.68. The molecular weight excluding hydrogens is 304 g/mol. The molecule has 1 aliphatic carbocycles. The van der Waals surface area contributed by atoms with Gasteiger partial charge in [0.25, 0.3) is 0 Å². The summed E-state index contributed by atoms with van der Waals surface area (Å²) in [5.41, 5.74) is 0. The summed E-state index contributed by atoms with van der Waals surface area (Å²) in [5.74, 6) is 1.21. The molecule has 6 heteroatoms. The lowest BCUT2D eigenvalue weighted by Gasteiger charge is -2.36. The number of anilines is 1.